The number of carbonyl (C=O) groups excluding carboxylic acids is 1. The summed E-state index contributed by atoms with van der Waals surface area (Å²) in [6.07, 6.45) is 0. The van der Waals surface area contributed by atoms with Crippen molar-refractivity contribution < 1.29 is 4.79 Å². The molecule has 1 aliphatic heterocycles. The van der Waals surface area contributed by atoms with Crippen molar-refractivity contribution >= 4 is 40.2 Å². The summed E-state index contributed by atoms with van der Waals surface area (Å²) in [4.78, 5) is 22.8. The Balaban J connectivity index is 1.43. The maximum Gasteiger partial charge on any atom is 0.267 e. The molecule has 1 saturated heterocycles. The van der Waals surface area contributed by atoms with Crippen molar-refractivity contribution in [1.29, 1.82) is 0 Å². The van der Waals surface area contributed by atoms with Crippen molar-refractivity contribution in [1.82, 2.24) is 9.88 Å². The maximum atomic E-state index is 12.8. The highest BCUT2D eigenvalue weighted by molar-refractivity contribution is 7.17. The summed E-state index contributed by atoms with van der Waals surface area (Å²) < 4.78 is 0. The molecule has 2 heterocycles. The average molecular weight is 441 g/mol. The molecule has 0 radical (unpaired) electrons. The van der Waals surface area contributed by atoms with E-state index in [1.54, 1.807) is 0 Å². The second-order valence-electron chi connectivity index (χ2n) is 7.37. The Morgan fingerprint density at radius 3 is 2.53 bits per heavy atom. The molecule has 0 unspecified atom stereocenters. The number of halogens is 1. The summed E-state index contributed by atoms with van der Waals surface area (Å²) in [6, 6.07) is 15.6. The van der Waals surface area contributed by atoms with E-state index in [0.29, 0.717) is 9.90 Å². The van der Waals surface area contributed by atoms with Gasteiger partial charge >= 0.3 is 0 Å². The smallest absolute Gasteiger partial charge is 0.267 e. The number of amides is 1. The third-order valence-corrected chi connectivity index (χ3v) is 6.82. The number of rotatable bonds is 5. The van der Waals surface area contributed by atoms with Gasteiger partial charge < -0.3 is 15.1 Å². The molecular weight excluding hydrogens is 416 g/mol. The molecule has 1 amide bonds. The van der Waals surface area contributed by atoms with Gasteiger partial charge in [-0.25, -0.2) is 4.98 Å². The van der Waals surface area contributed by atoms with E-state index in [1.807, 2.05) is 43.3 Å². The first-order valence-corrected chi connectivity index (χ1v) is 11.3. The molecule has 1 aliphatic rings. The Labute approximate surface area is 186 Å². The van der Waals surface area contributed by atoms with Gasteiger partial charge in [-0.15, -0.1) is 11.3 Å². The maximum absolute atomic E-state index is 12.8. The van der Waals surface area contributed by atoms with E-state index in [9.17, 15) is 4.79 Å². The fourth-order valence-corrected chi connectivity index (χ4v) is 4.77. The molecule has 30 heavy (non-hydrogen) atoms. The van der Waals surface area contributed by atoms with Gasteiger partial charge in [0.2, 0.25) is 0 Å². The van der Waals surface area contributed by atoms with Crippen LogP contribution in [-0.4, -0.2) is 48.5 Å². The first kappa shape index (κ1) is 20.8. The number of hydrogen-bond acceptors (Lipinski definition) is 5. The highest BCUT2D eigenvalue weighted by Gasteiger charge is 2.18. The molecule has 5 nitrogen and oxygen atoms in total. The number of benzene rings is 2. The van der Waals surface area contributed by atoms with Crippen molar-refractivity contribution in [3.63, 3.8) is 0 Å². The second-order valence-corrected chi connectivity index (χ2v) is 8.80. The number of anilines is 2. The summed E-state index contributed by atoms with van der Waals surface area (Å²) in [6.45, 7) is 9.42. The van der Waals surface area contributed by atoms with E-state index in [-0.39, 0.29) is 5.91 Å². The van der Waals surface area contributed by atoms with Crippen LogP contribution in [0.5, 0.6) is 0 Å². The molecule has 0 atom stereocenters. The molecule has 0 aliphatic carbocycles. The van der Waals surface area contributed by atoms with E-state index in [0.717, 1.165) is 54.7 Å². The lowest BCUT2D eigenvalue weighted by Crippen LogP contribution is -2.46. The van der Waals surface area contributed by atoms with Crippen LogP contribution in [0.2, 0.25) is 5.02 Å². The normalized spacial score (nSPS) is 14.7. The second kappa shape index (κ2) is 9.16. The minimum absolute atomic E-state index is 0.136. The third kappa shape index (κ3) is 4.67. The number of thiazole rings is 1. The fourth-order valence-electron chi connectivity index (χ4n) is 3.62. The van der Waals surface area contributed by atoms with Gasteiger partial charge in [0.05, 0.1) is 5.69 Å². The van der Waals surface area contributed by atoms with Gasteiger partial charge in [0, 0.05) is 48.1 Å². The van der Waals surface area contributed by atoms with E-state index < -0.39 is 0 Å². The van der Waals surface area contributed by atoms with E-state index >= 15 is 0 Å². The number of aromatic nitrogens is 1. The zero-order valence-electron chi connectivity index (χ0n) is 17.2. The van der Waals surface area contributed by atoms with Crippen LogP contribution in [-0.2, 0) is 0 Å². The number of aryl methyl sites for hydroxylation is 1. The summed E-state index contributed by atoms with van der Waals surface area (Å²) in [5, 5.41) is 4.45. The lowest BCUT2D eigenvalue weighted by Gasteiger charge is -2.35. The molecule has 4 rings (SSSR count). The van der Waals surface area contributed by atoms with Crippen LogP contribution in [0.4, 0.5) is 11.4 Å². The molecule has 3 aromatic rings. The van der Waals surface area contributed by atoms with Gasteiger partial charge in [-0.2, -0.15) is 0 Å². The van der Waals surface area contributed by atoms with E-state index in [1.165, 1.54) is 17.0 Å². The Hall–Kier alpha value is -2.41. The molecule has 156 valence electrons. The van der Waals surface area contributed by atoms with Crippen LogP contribution in [0.3, 0.4) is 0 Å². The van der Waals surface area contributed by atoms with Gasteiger partial charge in [0.25, 0.3) is 5.91 Å². The van der Waals surface area contributed by atoms with Crippen molar-refractivity contribution in [2.75, 3.05) is 42.9 Å². The molecule has 7 heteroatoms. The molecule has 0 saturated carbocycles. The highest BCUT2D eigenvalue weighted by Crippen LogP contribution is 2.30. The van der Waals surface area contributed by atoms with Crippen molar-refractivity contribution in [2.24, 2.45) is 0 Å². The fraction of sp³-hybridized carbons (Fsp3) is 0.304. The first-order chi connectivity index (χ1) is 14.5. The predicted octanol–water partition coefficient (Wildman–Crippen LogP) is 5.17. The van der Waals surface area contributed by atoms with Crippen LogP contribution in [0, 0.1) is 6.92 Å². The third-order valence-electron chi connectivity index (χ3n) is 5.38. The number of piperazine rings is 1. The monoisotopic (exact) mass is 440 g/mol. The molecule has 1 N–H and O–H groups in total. The number of nitrogens with one attached hydrogen (secondary N) is 1. The zero-order valence-corrected chi connectivity index (χ0v) is 18.8. The Morgan fingerprint density at radius 2 is 1.87 bits per heavy atom. The zero-order chi connectivity index (χ0) is 21.1. The summed E-state index contributed by atoms with van der Waals surface area (Å²) in [7, 11) is 0. The highest BCUT2D eigenvalue weighted by atomic mass is 35.5. The Kier molecular flexibility index (Phi) is 6.37. The molecule has 1 fully saturated rings. The van der Waals surface area contributed by atoms with Crippen molar-refractivity contribution in [3.05, 3.63) is 64.1 Å². The molecular formula is C23H25ClN4OS. The van der Waals surface area contributed by atoms with Crippen LogP contribution in [0.25, 0.3) is 10.6 Å². The van der Waals surface area contributed by atoms with Gasteiger partial charge in [0.1, 0.15) is 9.88 Å². The van der Waals surface area contributed by atoms with Gasteiger partial charge in [0.15, 0.2) is 0 Å². The van der Waals surface area contributed by atoms with Crippen LogP contribution < -0.4 is 10.2 Å². The number of hydrogen-bond donors (Lipinski definition) is 1. The summed E-state index contributed by atoms with van der Waals surface area (Å²) in [5.74, 6) is -0.136. The number of carbonyl (C=O) groups is 1. The van der Waals surface area contributed by atoms with E-state index in [4.69, 9.17) is 11.6 Å². The topological polar surface area (TPSA) is 48.5 Å². The van der Waals surface area contributed by atoms with Crippen LogP contribution in [0.1, 0.15) is 22.3 Å². The average Bonchev–Trinajstić information content (AvgIpc) is 3.16. The number of nitrogens with zero attached hydrogens (tertiary/aromatic N) is 3. The number of likely N-dealkylation sites (N-methyl/N-ethyl adjacent to an activating group) is 1. The summed E-state index contributed by atoms with van der Waals surface area (Å²) in [5.41, 5.74) is 3.62. The molecule has 0 spiro atoms. The SMILES string of the molecule is CCN1CCN(c2ccc(NC(=O)c3sc(-c4cccc(Cl)c4)nc3C)cc2)CC1. The first-order valence-electron chi connectivity index (χ1n) is 10.2. The Bertz CT molecular complexity index is 1030. The standard InChI is InChI=1S/C23H25ClN4OS/c1-3-27-11-13-28(14-12-27)20-9-7-19(8-10-20)26-22(29)21-16(2)25-23(30-21)17-5-4-6-18(24)15-17/h4-10,15H,3,11-14H2,1-2H3,(H,26,29). The van der Waals surface area contributed by atoms with Gasteiger partial charge in [-0.3, -0.25) is 4.79 Å². The predicted molar refractivity (Wildman–Crippen MR) is 126 cm³/mol. The molecule has 1 aromatic heterocycles. The molecule has 2 aromatic carbocycles. The van der Waals surface area contributed by atoms with Crippen LogP contribution in [0.15, 0.2) is 48.5 Å². The van der Waals surface area contributed by atoms with Gasteiger partial charge in [-0.1, -0.05) is 30.7 Å². The largest absolute Gasteiger partial charge is 0.369 e. The van der Waals surface area contributed by atoms with E-state index in [2.05, 4.69) is 39.2 Å². The van der Waals surface area contributed by atoms with Crippen molar-refractivity contribution in [3.8, 4) is 10.6 Å². The van der Waals surface area contributed by atoms with Crippen LogP contribution >= 0.6 is 22.9 Å². The lowest BCUT2D eigenvalue weighted by atomic mass is 10.2. The quantitative estimate of drug-likeness (QED) is 0.594. The van der Waals surface area contributed by atoms with Gasteiger partial charge in [-0.05, 0) is 49.9 Å². The lowest BCUT2D eigenvalue weighted by molar-refractivity contribution is 0.103. The Morgan fingerprint density at radius 1 is 1.13 bits per heavy atom. The summed E-state index contributed by atoms with van der Waals surface area (Å²) >= 11 is 7.47. The minimum atomic E-state index is -0.136. The molecule has 0 bridgehead atoms. The minimum Gasteiger partial charge on any atom is -0.369 e. The van der Waals surface area contributed by atoms with Crippen molar-refractivity contribution in [2.45, 2.75) is 13.8 Å².